The molecule has 1 atom stereocenters. The van der Waals surface area contributed by atoms with E-state index in [0.717, 1.165) is 31.4 Å². The number of aromatic nitrogens is 2. The second-order valence-corrected chi connectivity index (χ2v) is 7.71. The SMILES string of the molecule is CO/N=C1\CCCC[C@@H]1CNC(=O)c1cc(-c2ccc(Cl)cc2)c(OCC(F)(F)F)nn1. The van der Waals surface area contributed by atoms with Crippen LogP contribution in [0.4, 0.5) is 13.2 Å². The van der Waals surface area contributed by atoms with E-state index < -0.39 is 18.7 Å². The van der Waals surface area contributed by atoms with Gasteiger partial charge in [-0.25, -0.2) is 0 Å². The number of carbonyl (C=O) groups is 1. The number of nitrogens with zero attached hydrogens (tertiary/aromatic N) is 3. The molecule has 7 nitrogen and oxygen atoms in total. The van der Waals surface area contributed by atoms with Crippen molar-refractivity contribution in [1.29, 1.82) is 0 Å². The monoisotopic (exact) mass is 470 g/mol. The van der Waals surface area contributed by atoms with E-state index in [1.54, 1.807) is 24.3 Å². The summed E-state index contributed by atoms with van der Waals surface area (Å²) in [5, 5.41) is 14.8. The molecule has 1 amide bonds. The maximum Gasteiger partial charge on any atom is 0.422 e. The molecule has 0 spiro atoms. The normalized spacial score (nSPS) is 17.8. The van der Waals surface area contributed by atoms with Crippen LogP contribution >= 0.6 is 11.6 Å². The zero-order valence-electron chi connectivity index (χ0n) is 17.3. The number of alkyl halides is 3. The highest BCUT2D eigenvalue weighted by Crippen LogP contribution is 2.30. The first-order valence-electron chi connectivity index (χ1n) is 9.98. The standard InChI is InChI=1S/C21H22ClF3N4O3/c1-31-29-17-5-3-2-4-14(17)11-26-19(30)18-10-16(13-6-8-15(22)9-7-13)20(28-27-18)32-12-21(23,24)25/h6-10,14H,2-5,11-12H2,1H3,(H,26,30)/b29-17+/t14-/m1/s1. The van der Waals surface area contributed by atoms with E-state index in [4.69, 9.17) is 21.2 Å². The summed E-state index contributed by atoms with van der Waals surface area (Å²) in [4.78, 5) is 17.6. The number of benzene rings is 1. The molecule has 0 radical (unpaired) electrons. The molecule has 32 heavy (non-hydrogen) atoms. The average Bonchev–Trinajstić information content (AvgIpc) is 2.77. The van der Waals surface area contributed by atoms with Gasteiger partial charge in [0.2, 0.25) is 5.88 Å². The molecule has 0 bridgehead atoms. The maximum atomic E-state index is 12.7. The zero-order chi connectivity index (χ0) is 23.1. The molecular formula is C21H22ClF3N4O3. The molecule has 3 rings (SSSR count). The van der Waals surface area contributed by atoms with Crippen LogP contribution in [0.3, 0.4) is 0 Å². The predicted octanol–water partition coefficient (Wildman–Crippen LogP) is 4.66. The quantitative estimate of drug-likeness (QED) is 0.595. The Morgan fingerprint density at radius 1 is 1.25 bits per heavy atom. The van der Waals surface area contributed by atoms with E-state index in [2.05, 4.69) is 20.7 Å². The molecule has 1 fully saturated rings. The lowest BCUT2D eigenvalue weighted by atomic mass is 9.87. The minimum atomic E-state index is -4.55. The number of rotatable bonds is 7. The van der Waals surface area contributed by atoms with Gasteiger partial charge in [-0.15, -0.1) is 10.2 Å². The highest BCUT2D eigenvalue weighted by atomic mass is 35.5. The fourth-order valence-electron chi connectivity index (χ4n) is 3.42. The van der Waals surface area contributed by atoms with Crippen LogP contribution in [0, 0.1) is 5.92 Å². The van der Waals surface area contributed by atoms with Crippen molar-refractivity contribution in [2.45, 2.75) is 31.9 Å². The summed E-state index contributed by atoms with van der Waals surface area (Å²) in [7, 11) is 1.48. The Morgan fingerprint density at radius 2 is 2.00 bits per heavy atom. The van der Waals surface area contributed by atoms with Crippen LogP contribution in [0.15, 0.2) is 35.5 Å². The van der Waals surface area contributed by atoms with Crippen molar-refractivity contribution in [3.05, 3.63) is 41.0 Å². The number of amides is 1. The van der Waals surface area contributed by atoms with Gasteiger partial charge in [-0.2, -0.15) is 13.2 Å². The number of oxime groups is 1. The van der Waals surface area contributed by atoms with Gasteiger partial charge in [0.1, 0.15) is 7.11 Å². The molecular weight excluding hydrogens is 449 g/mol. The van der Waals surface area contributed by atoms with Crippen molar-refractivity contribution < 1.29 is 27.5 Å². The number of hydrogen-bond acceptors (Lipinski definition) is 6. The van der Waals surface area contributed by atoms with E-state index in [1.807, 2.05) is 0 Å². The molecule has 1 aromatic heterocycles. The Labute approximate surface area is 187 Å². The summed E-state index contributed by atoms with van der Waals surface area (Å²) < 4.78 is 42.7. The van der Waals surface area contributed by atoms with Crippen molar-refractivity contribution in [1.82, 2.24) is 15.5 Å². The van der Waals surface area contributed by atoms with Crippen molar-refractivity contribution in [2.75, 3.05) is 20.3 Å². The molecule has 0 aliphatic heterocycles. The number of nitrogens with one attached hydrogen (secondary N) is 1. The van der Waals surface area contributed by atoms with Gasteiger partial charge in [-0.3, -0.25) is 4.79 Å². The first kappa shape index (κ1) is 23.8. The van der Waals surface area contributed by atoms with Gasteiger partial charge in [0, 0.05) is 23.0 Å². The van der Waals surface area contributed by atoms with Crippen LogP contribution in [-0.2, 0) is 4.84 Å². The maximum absolute atomic E-state index is 12.7. The fourth-order valence-corrected chi connectivity index (χ4v) is 3.54. The summed E-state index contributed by atoms with van der Waals surface area (Å²) in [6.45, 7) is -1.19. The number of hydrogen-bond donors (Lipinski definition) is 1. The second-order valence-electron chi connectivity index (χ2n) is 7.28. The Bertz CT molecular complexity index is 968. The lowest BCUT2D eigenvalue weighted by Crippen LogP contribution is -2.35. The van der Waals surface area contributed by atoms with Crippen molar-refractivity contribution >= 4 is 23.2 Å². The summed E-state index contributed by atoms with van der Waals surface area (Å²) in [5.41, 5.74) is 1.53. The van der Waals surface area contributed by atoms with Gasteiger partial charge in [0.05, 0.1) is 5.71 Å². The van der Waals surface area contributed by atoms with Gasteiger partial charge in [-0.05, 0) is 43.0 Å². The molecule has 1 saturated carbocycles. The summed E-state index contributed by atoms with van der Waals surface area (Å²) in [6.07, 6.45) is -0.831. The van der Waals surface area contributed by atoms with Gasteiger partial charge in [0.15, 0.2) is 12.3 Å². The van der Waals surface area contributed by atoms with E-state index in [0.29, 0.717) is 17.1 Å². The van der Waals surface area contributed by atoms with E-state index in [-0.39, 0.29) is 23.1 Å². The van der Waals surface area contributed by atoms with E-state index >= 15 is 0 Å². The molecule has 1 heterocycles. The smallest absolute Gasteiger partial charge is 0.422 e. The molecule has 2 aromatic rings. The van der Waals surface area contributed by atoms with Crippen molar-refractivity contribution in [2.24, 2.45) is 11.1 Å². The minimum Gasteiger partial charge on any atom is -0.467 e. The lowest BCUT2D eigenvalue weighted by molar-refractivity contribution is -0.154. The van der Waals surface area contributed by atoms with Gasteiger partial charge < -0.3 is 14.9 Å². The molecule has 1 N–H and O–H groups in total. The van der Waals surface area contributed by atoms with E-state index in [9.17, 15) is 18.0 Å². The Hall–Kier alpha value is -2.88. The van der Waals surface area contributed by atoms with Crippen LogP contribution in [-0.4, -0.2) is 48.3 Å². The topological polar surface area (TPSA) is 85.7 Å². The third-order valence-electron chi connectivity index (χ3n) is 4.94. The lowest BCUT2D eigenvalue weighted by Gasteiger charge is -2.23. The highest BCUT2D eigenvalue weighted by molar-refractivity contribution is 6.30. The number of halogens is 4. The highest BCUT2D eigenvalue weighted by Gasteiger charge is 2.30. The van der Waals surface area contributed by atoms with Gasteiger partial charge in [0.25, 0.3) is 5.91 Å². The van der Waals surface area contributed by atoms with Crippen LogP contribution in [0.1, 0.15) is 36.2 Å². The van der Waals surface area contributed by atoms with Crippen molar-refractivity contribution in [3.63, 3.8) is 0 Å². The van der Waals surface area contributed by atoms with Crippen molar-refractivity contribution in [3.8, 4) is 17.0 Å². The van der Waals surface area contributed by atoms with E-state index in [1.165, 1.54) is 13.2 Å². The predicted molar refractivity (Wildman–Crippen MR) is 113 cm³/mol. The average molecular weight is 471 g/mol. The van der Waals surface area contributed by atoms with Crippen LogP contribution in [0.2, 0.25) is 5.02 Å². The summed E-state index contributed by atoms with van der Waals surface area (Å²) in [5.74, 6) is -0.786. The third kappa shape index (κ3) is 6.56. The largest absolute Gasteiger partial charge is 0.467 e. The second kappa shape index (κ2) is 10.6. The molecule has 1 aliphatic carbocycles. The Balaban J connectivity index is 1.80. The number of ether oxygens (including phenoxy) is 1. The number of carbonyl (C=O) groups excluding carboxylic acids is 1. The minimum absolute atomic E-state index is 0.0460. The van der Waals surface area contributed by atoms with Gasteiger partial charge >= 0.3 is 6.18 Å². The fraction of sp³-hybridized carbons (Fsp3) is 0.429. The zero-order valence-corrected chi connectivity index (χ0v) is 18.0. The van der Waals surface area contributed by atoms with Crippen LogP contribution < -0.4 is 10.1 Å². The molecule has 0 unspecified atom stereocenters. The first-order chi connectivity index (χ1) is 15.3. The molecule has 0 saturated heterocycles. The third-order valence-corrected chi connectivity index (χ3v) is 5.20. The van der Waals surface area contributed by atoms with Crippen LogP contribution in [0.5, 0.6) is 5.88 Å². The summed E-state index contributed by atoms with van der Waals surface area (Å²) in [6, 6.07) is 7.69. The molecule has 11 heteroatoms. The Morgan fingerprint density at radius 3 is 2.69 bits per heavy atom. The molecule has 1 aliphatic rings. The molecule has 172 valence electrons. The Kier molecular flexibility index (Phi) is 7.89. The van der Waals surface area contributed by atoms with Gasteiger partial charge in [-0.1, -0.05) is 35.3 Å². The van der Waals surface area contributed by atoms with Crippen LogP contribution in [0.25, 0.3) is 11.1 Å². The first-order valence-corrected chi connectivity index (χ1v) is 10.4. The summed E-state index contributed by atoms with van der Waals surface area (Å²) >= 11 is 5.90. The molecule has 1 aromatic carbocycles.